The van der Waals surface area contributed by atoms with E-state index in [2.05, 4.69) is 0 Å². The molecule has 0 aromatic heterocycles. The second-order valence-corrected chi connectivity index (χ2v) is 9.19. The van der Waals surface area contributed by atoms with Gasteiger partial charge in [0.25, 0.3) is 5.91 Å². The molecule has 0 bridgehead atoms. The van der Waals surface area contributed by atoms with Gasteiger partial charge in [0.15, 0.2) is 11.5 Å². The van der Waals surface area contributed by atoms with E-state index in [1.54, 1.807) is 19.1 Å². The first-order valence-corrected chi connectivity index (χ1v) is 12.6. The summed E-state index contributed by atoms with van der Waals surface area (Å²) in [5, 5.41) is 0. The number of piperazine rings is 1. The summed E-state index contributed by atoms with van der Waals surface area (Å²) in [4.78, 5) is 31.2. The van der Waals surface area contributed by atoms with E-state index in [4.69, 9.17) is 14.2 Å². The molecule has 0 spiro atoms. The van der Waals surface area contributed by atoms with Crippen molar-refractivity contribution >= 4 is 11.8 Å². The van der Waals surface area contributed by atoms with E-state index in [-0.39, 0.29) is 30.9 Å². The van der Waals surface area contributed by atoms with Crippen LogP contribution in [0, 0.1) is 0 Å². The number of para-hydroxylation sites is 1. The maximum atomic E-state index is 14.1. The van der Waals surface area contributed by atoms with E-state index in [1.807, 2.05) is 54.3 Å². The number of benzene rings is 2. The molecule has 2 aromatic rings. The van der Waals surface area contributed by atoms with Gasteiger partial charge in [0.2, 0.25) is 5.91 Å². The Bertz CT molecular complexity index is 1030. The predicted octanol–water partition coefficient (Wildman–Crippen LogP) is 4.74. The molecule has 1 aliphatic carbocycles. The van der Waals surface area contributed by atoms with Crippen molar-refractivity contribution in [2.75, 3.05) is 27.4 Å². The Balaban J connectivity index is 1.73. The van der Waals surface area contributed by atoms with Crippen molar-refractivity contribution < 1.29 is 23.8 Å². The van der Waals surface area contributed by atoms with Gasteiger partial charge >= 0.3 is 0 Å². The molecule has 1 saturated heterocycles. The molecule has 2 aliphatic rings. The van der Waals surface area contributed by atoms with Gasteiger partial charge in [0.1, 0.15) is 18.3 Å². The molecule has 188 valence electrons. The highest BCUT2D eigenvalue weighted by molar-refractivity contribution is 5.96. The number of amides is 2. The first kappa shape index (κ1) is 24.9. The summed E-state index contributed by atoms with van der Waals surface area (Å²) < 4.78 is 16.8. The van der Waals surface area contributed by atoms with Gasteiger partial charge in [0, 0.05) is 11.6 Å². The number of nitrogens with zero attached hydrogens (tertiary/aromatic N) is 2. The number of rotatable bonds is 8. The second-order valence-electron chi connectivity index (χ2n) is 9.19. The topological polar surface area (TPSA) is 68.3 Å². The molecule has 35 heavy (non-hydrogen) atoms. The maximum absolute atomic E-state index is 14.1. The van der Waals surface area contributed by atoms with Crippen molar-refractivity contribution in [3.05, 3.63) is 53.6 Å². The lowest BCUT2D eigenvalue weighted by Gasteiger charge is -2.43. The molecular weight excluding hydrogens is 444 g/mol. The molecule has 7 heteroatoms. The standard InChI is InChI=1S/C28H36N2O5/c1-4-35-24-16-15-20(17-25(24)34-3)27-28(32)29(22-12-7-5-6-8-13-22)19-26(31)30(27)18-21-11-9-10-14-23(21)33-2/h9-11,14-17,22,27H,4-8,12-13,18-19H2,1-3H3/t27-/m0/s1. The SMILES string of the molecule is CCOc1ccc([C@H]2C(=O)N(C3CCCCCC3)CC(=O)N2Cc2ccccc2OC)cc1OC. The fourth-order valence-corrected chi connectivity index (χ4v) is 5.28. The van der Waals surface area contributed by atoms with Crippen LogP contribution in [0.3, 0.4) is 0 Å². The van der Waals surface area contributed by atoms with Crippen LogP contribution in [0.4, 0.5) is 0 Å². The van der Waals surface area contributed by atoms with Gasteiger partial charge in [-0.1, -0.05) is 49.9 Å². The van der Waals surface area contributed by atoms with Gasteiger partial charge < -0.3 is 24.0 Å². The summed E-state index contributed by atoms with van der Waals surface area (Å²) in [6.45, 7) is 2.82. The first-order chi connectivity index (χ1) is 17.1. The smallest absolute Gasteiger partial charge is 0.250 e. The molecule has 2 aromatic carbocycles. The van der Waals surface area contributed by atoms with E-state index in [9.17, 15) is 9.59 Å². The number of hydrogen-bond donors (Lipinski definition) is 0. The minimum atomic E-state index is -0.742. The summed E-state index contributed by atoms with van der Waals surface area (Å²) in [7, 11) is 3.20. The van der Waals surface area contributed by atoms with Gasteiger partial charge in [-0.15, -0.1) is 0 Å². The summed E-state index contributed by atoms with van der Waals surface area (Å²) in [6, 6.07) is 12.5. The molecule has 7 nitrogen and oxygen atoms in total. The molecule has 2 amide bonds. The van der Waals surface area contributed by atoms with Crippen LogP contribution in [-0.2, 0) is 16.1 Å². The summed E-state index contributed by atoms with van der Waals surface area (Å²) in [6.07, 6.45) is 6.46. The fraction of sp³-hybridized carbons (Fsp3) is 0.500. The maximum Gasteiger partial charge on any atom is 0.250 e. The highest BCUT2D eigenvalue weighted by atomic mass is 16.5. The van der Waals surface area contributed by atoms with Gasteiger partial charge in [-0.05, 0) is 43.5 Å². The Morgan fingerprint density at radius 1 is 0.886 bits per heavy atom. The Labute approximate surface area is 207 Å². The highest BCUT2D eigenvalue weighted by Gasteiger charge is 2.43. The molecular formula is C28H36N2O5. The fourth-order valence-electron chi connectivity index (χ4n) is 5.28. The lowest BCUT2D eigenvalue weighted by molar-refractivity contribution is -0.159. The van der Waals surface area contributed by atoms with Crippen LogP contribution >= 0.6 is 0 Å². The monoisotopic (exact) mass is 480 g/mol. The number of methoxy groups -OCH3 is 2. The molecule has 0 N–H and O–H groups in total. The Morgan fingerprint density at radius 2 is 1.60 bits per heavy atom. The Kier molecular flexibility index (Phi) is 8.16. The van der Waals surface area contributed by atoms with E-state index in [1.165, 1.54) is 12.8 Å². The lowest BCUT2D eigenvalue weighted by Crippen LogP contribution is -2.57. The van der Waals surface area contributed by atoms with Crippen LogP contribution in [0.15, 0.2) is 42.5 Å². The minimum absolute atomic E-state index is 0.0300. The van der Waals surface area contributed by atoms with Crippen molar-refractivity contribution in [1.29, 1.82) is 0 Å². The van der Waals surface area contributed by atoms with Gasteiger partial charge in [-0.3, -0.25) is 9.59 Å². The van der Waals surface area contributed by atoms with Crippen LogP contribution in [0.1, 0.15) is 62.6 Å². The van der Waals surface area contributed by atoms with Gasteiger partial charge in [-0.25, -0.2) is 0 Å². The molecule has 0 unspecified atom stereocenters. The van der Waals surface area contributed by atoms with Crippen molar-refractivity contribution in [2.24, 2.45) is 0 Å². The zero-order valence-electron chi connectivity index (χ0n) is 21.0. The third-order valence-corrected chi connectivity index (χ3v) is 7.06. The molecule has 2 fully saturated rings. The van der Waals surface area contributed by atoms with Crippen LogP contribution in [0.25, 0.3) is 0 Å². The van der Waals surface area contributed by atoms with Crippen molar-refractivity contribution in [1.82, 2.24) is 9.80 Å². The predicted molar refractivity (Wildman–Crippen MR) is 134 cm³/mol. The Hall–Kier alpha value is -3.22. The van der Waals surface area contributed by atoms with E-state index in [0.29, 0.717) is 23.9 Å². The average molecular weight is 481 g/mol. The van der Waals surface area contributed by atoms with E-state index >= 15 is 0 Å². The number of hydrogen-bond acceptors (Lipinski definition) is 5. The van der Waals surface area contributed by atoms with Crippen LogP contribution in [0.2, 0.25) is 0 Å². The third-order valence-electron chi connectivity index (χ3n) is 7.06. The van der Waals surface area contributed by atoms with Crippen LogP contribution < -0.4 is 14.2 Å². The van der Waals surface area contributed by atoms with Crippen LogP contribution in [-0.4, -0.2) is 55.0 Å². The molecule has 1 aliphatic heterocycles. The Morgan fingerprint density at radius 3 is 2.29 bits per heavy atom. The molecule has 4 rings (SSSR count). The second kappa shape index (κ2) is 11.5. The summed E-state index contributed by atoms with van der Waals surface area (Å²) >= 11 is 0. The van der Waals surface area contributed by atoms with Crippen molar-refractivity contribution in [3.63, 3.8) is 0 Å². The summed E-state index contributed by atoms with van der Waals surface area (Å²) in [5.74, 6) is 1.77. The quantitative estimate of drug-likeness (QED) is 0.511. The molecule has 1 atom stereocenters. The molecule has 1 heterocycles. The zero-order valence-corrected chi connectivity index (χ0v) is 21.0. The highest BCUT2D eigenvalue weighted by Crippen LogP contribution is 2.37. The number of carbonyl (C=O) groups excluding carboxylic acids is 2. The number of ether oxygens (including phenoxy) is 3. The number of carbonyl (C=O) groups is 2. The largest absolute Gasteiger partial charge is 0.496 e. The molecule has 0 radical (unpaired) electrons. The zero-order chi connectivity index (χ0) is 24.8. The minimum Gasteiger partial charge on any atom is -0.496 e. The third kappa shape index (κ3) is 5.39. The van der Waals surface area contributed by atoms with Crippen molar-refractivity contribution in [3.8, 4) is 17.2 Å². The molecule has 1 saturated carbocycles. The normalized spacial score (nSPS) is 19.5. The van der Waals surface area contributed by atoms with Gasteiger partial charge in [0.05, 0.1) is 27.4 Å². The van der Waals surface area contributed by atoms with E-state index in [0.717, 1.165) is 36.8 Å². The first-order valence-electron chi connectivity index (χ1n) is 12.6. The van der Waals surface area contributed by atoms with Crippen LogP contribution in [0.5, 0.6) is 17.2 Å². The van der Waals surface area contributed by atoms with Crippen molar-refractivity contribution in [2.45, 2.75) is 64.1 Å². The summed E-state index contributed by atoms with van der Waals surface area (Å²) in [5.41, 5.74) is 1.58. The lowest BCUT2D eigenvalue weighted by atomic mass is 9.96. The average Bonchev–Trinajstić information content (AvgIpc) is 3.16. The van der Waals surface area contributed by atoms with Gasteiger partial charge in [-0.2, -0.15) is 0 Å². The van der Waals surface area contributed by atoms with E-state index < -0.39 is 6.04 Å².